The van der Waals surface area contributed by atoms with Gasteiger partial charge in [0.15, 0.2) is 0 Å². The van der Waals surface area contributed by atoms with E-state index in [-0.39, 0.29) is 54.3 Å². The van der Waals surface area contributed by atoms with Crippen LogP contribution >= 0.6 is 11.3 Å². The van der Waals surface area contributed by atoms with Gasteiger partial charge in [-0.1, -0.05) is 18.7 Å². The maximum atomic E-state index is 16.1. The zero-order chi connectivity index (χ0) is 35.3. The smallest absolute Gasteiger partial charge is 0.407 e. The van der Waals surface area contributed by atoms with Crippen molar-refractivity contribution in [1.29, 1.82) is 0 Å². The molecule has 0 saturated heterocycles. The van der Waals surface area contributed by atoms with E-state index in [1.807, 2.05) is 6.92 Å². The Bertz CT molecular complexity index is 2130. The van der Waals surface area contributed by atoms with E-state index in [0.29, 0.717) is 63.4 Å². The average molecular weight is 710 g/mol. The number of methoxy groups -OCH3 is 1. The van der Waals surface area contributed by atoms with Crippen molar-refractivity contribution in [2.45, 2.75) is 38.1 Å². The molecule has 0 saturated carbocycles. The van der Waals surface area contributed by atoms with Crippen molar-refractivity contribution < 1.29 is 36.2 Å². The van der Waals surface area contributed by atoms with Crippen LogP contribution in [0.4, 0.5) is 22.0 Å². The van der Waals surface area contributed by atoms with E-state index in [1.54, 1.807) is 39.2 Å². The minimum Gasteiger partial charge on any atom is -0.490 e. The van der Waals surface area contributed by atoms with E-state index in [9.17, 15) is 22.4 Å². The van der Waals surface area contributed by atoms with Gasteiger partial charge in [-0.3, -0.25) is 9.48 Å². The summed E-state index contributed by atoms with van der Waals surface area (Å²) in [4.78, 5) is 19.3. The van der Waals surface area contributed by atoms with Crippen molar-refractivity contribution in [3.8, 4) is 39.5 Å². The molecular weight excluding hydrogens is 677 g/mol. The molecule has 3 aromatic heterocycles. The van der Waals surface area contributed by atoms with Gasteiger partial charge in [0.1, 0.15) is 41.4 Å². The molecule has 0 radical (unpaired) electrons. The SMILES string of the molecule is C=CC(=O)N1CCn2nc(-c3nc(-c4ccc5c(c4)C(C(F)(F)F)NCC5)c4ccsc4c3-c3c(F)cc(F)cc3OCCOC)cc2C1C. The quantitative estimate of drug-likeness (QED) is 0.101. The normalized spacial score (nSPS) is 17.5. The molecule has 2 unspecified atom stereocenters. The number of benzene rings is 2. The van der Waals surface area contributed by atoms with Gasteiger partial charge in [-0.25, -0.2) is 13.8 Å². The van der Waals surface area contributed by atoms with Crippen LogP contribution in [-0.4, -0.2) is 65.2 Å². The molecule has 0 spiro atoms. The number of nitrogens with zero attached hydrogens (tertiary/aromatic N) is 4. The second-order valence-electron chi connectivity index (χ2n) is 12.1. The van der Waals surface area contributed by atoms with Crippen LogP contribution in [0.3, 0.4) is 0 Å². The van der Waals surface area contributed by atoms with Crippen molar-refractivity contribution >= 4 is 27.3 Å². The highest BCUT2D eigenvalue weighted by Crippen LogP contribution is 2.48. The van der Waals surface area contributed by atoms with Crippen LogP contribution in [0.25, 0.3) is 43.9 Å². The van der Waals surface area contributed by atoms with Crippen LogP contribution in [0.5, 0.6) is 5.75 Å². The summed E-state index contributed by atoms with van der Waals surface area (Å²) in [6, 6.07) is 8.14. The Kier molecular flexibility index (Phi) is 8.95. The van der Waals surface area contributed by atoms with E-state index in [0.717, 1.165) is 12.1 Å². The zero-order valence-corrected chi connectivity index (χ0v) is 27.9. The zero-order valence-electron chi connectivity index (χ0n) is 27.1. The molecule has 1 N–H and O–H groups in total. The fourth-order valence-electron chi connectivity index (χ4n) is 6.83. The molecule has 2 aliphatic heterocycles. The molecule has 7 rings (SSSR count). The second kappa shape index (κ2) is 13.2. The third-order valence-corrected chi connectivity index (χ3v) is 10.1. The van der Waals surface area contributed by atoms with Gasteiger partial charge in [0.2, 0.25) is 5.91 Å². The molecule has 260 valence electrons. The summed E-state index contributed by atoms with van der Waals surface area (Å²) in [5.41, 5.74) is 3.03. The summed E-state index contributed by atoms with van der Waals surface area (Å²) in [7, 11) is 1.48. The lowest BCUT2D eigenvalue weighted by molar-refractivity contribution is -0.158. The Morgan fingerprint density at radius 3 is 2.68 bits per heavy atom. The number of rotatable bonds is 8. The standard InChI is InChI=1S/C36H32F5N5O3S/c1-4-29(47)45-10-11-46-27(19(45)2)18-26(44-46)33-31(30-25(38)16-22(37)17-28(30)49-13-12-48-3)34-23(8-14-50-34)32(43-33)21-6-5-20-7-9-42-35(24(20)15-21)36(39,40)41/h4-6,8,14-19,35,42H,1,7,9-13H2,2-3H3. The largest absolute Gasteiger partial charge is 0.490 e. The number of carbonyl (C=O) groups excluding carboxylic acids is 1. The van der Waals surface area contributed by atoms with Gasteiger partial charge in [-0.15, -0.1) is 11.3 Å². The predicted octanol–water partition coefficient (Wildman–Crippen LogP) is 7.64. The maximum Gasteiger partial charge on any atom is 0.407 e. The average Bonchev–Trinajstić information content (AvgIpc) is 3.75. The highest BCUT2D eigenvalue weighted by atomic mass is 32.1. The van der Waals surface area contributed by atoms with Crippen molar-refractivity contribution in [2.24, 2.45) is 0 Å². The molecule has 2 aromatic carbocycles. The number of ether oxygens (including phenoxy) is 2. The molecule has 5 aromatic rings. The molecule has 2 atom stereocenters. The second-order valence-corrected chi connectivity index (χ2v) is 13.0. The van der Waals surface area contributed by atoms with E-state index in [2.05, 4.69) is 11.9 Å². The van der Waals surface area contributed by atoms with E-state index in [4.69, 9.17) is 19.6 Å². The number of hydrogen-bond acceptors (Lipinski definition) is 7. The first-order chi connectivity index (χ1) is 24.0. The predicted molar refractivity (Wildman–Crippen MR) is 180 cm³/mol. The highest BCUT2D eigenvalue weighted by Gasteiger charge is 2.43. The van der Waals surface area contributed by atoms with Gasteiger partial charge in [0.25, 0.3) is 0 Å². The van der Waals surface area contributed by atoms with Gasteiger partial charge in [0.05, 0.1) is 36.1 Å². The summed E-state index contributed by atoms with van der Waals surface area (Å²) in [6.45, 7) is 6.58. The number of nitrogens with one attached hydrogen (secondary N) is 1. The summed E-state index contributed by atoms with van der Waals surface area (Å²) >= 11 is 1.28. The summed E-state index contributed by atoms with van der Waals surface area (Å²) < 4.78 is 86.5. The fraction of sp³-hybridized carbons (Fsp3) is 0.306. The Morgan fingerprint density at radius 1 is 1.10 bits per heavy atom. The van der Waals surface area contributed by atoms with Crippen molar-refractivity contribution in [3.63, 3.8) is 0 Å². The highest BCUT2D eigenvalue weighted by molar-refractivity contribution is 7.18. The minimum atomic E-state index is -4.51. The molecule has 0 bridgehead atoms. The Labute approximate surface area is 288 Å². The number of aromatic nitrogens is 3. The van der Waals surface area contributed by atoms with Gasteiger partial charge < -0.3 is 19.7 Å². The molecule has 50 heavy (non-hydrogen) atoms. The lowest BCUT2D eigenvalue weighted by Crippen LogP contribution is -2.40. The van der Waals surface area contributed by atoms with Gasteiger partial charge in [-0.05, 0) is 54.1 Å². The lowest BCUT2D eigenvalue weighted by Gasteiger charge is -2.33. The van der Waals surface area contributed by atoms with Crippen LogP contribution in [0.1, 0.15) is 35.8 Å². The number of hydrogen-bond donors (Lipinski definition) is 1. The molecule has 5 heterocycles. The number of thiophene rings is 1. The van der Waals surface area contributed by atoms with Crippen LogP contribution in [0.2, 0.25) is 0 Å². The van der Waals surface area contributed by atoms with Crippen LogP contribution in [-0.2, 0) is 22.5 Å². The molecule has 1 amide bonds. The summed E-state index contributed by atoms with van der Waals surface area (Å²) in [5, 5.41) is 9.79. The Morgan fingerprint density at radius 2 is 1.92 bits per heavy atom. The third-order valence-electron chi connectivity index (χ3n) is 9.18. The minimum absolute atomic E-state index is 0.00775. The van der Waals surface area contributed by atoms with Gasteiger partial charge >= 0.3 is 6.18 Å². The van der Waals surface area contributed by atoms with Gasteiger partial charge in [0, 0.05) is 53.5 Å². The first-order valence-electron chi connectivity index (χ1n) is 16.0. The number of pyridine rings is 1. The third kappa shape index (κ3) is 5.94. The molecular formula is C36H32F5N5O3S. The van der Waals surface area contributed by atoms with Crippen LogP contribution in [0, 0.1) is 11.6 Å². The van der Waals surface area contributed by atoms with E-state index in [1.165, 1.54) is 30.6 Å². The number of fused-ring (bicyclic) bond motifs is 3. The monoisotopic (exact) mass is 709 g/mol. The first-order valence-corrected chi connectivity index (χ1v) is 16.8. The molecule has 14 heteroatoms. The van der Waals surface area contributed by atoms with E-state index >= 15 is 4.39 Å². The summed E-state index contributed by atoms with van der Waals surface area (Å²) in [6.07, 6.45) is -2.83. The van der Waals surface area contributed by atoms with Crippen molar-refractivity contribution in [1.82, 2.24) is 25.0 Å². The Hall–Kier alpha value is -4.66. The molecule has 0 aliphatic carbocycles. The van der Waals surface area contributed by atoms with Crippen molar-refractivity contribution in [2.75, 3.05) is 33.4 Å². The summed E-state index contributed by atoms with van der Waals surface area (Å²) in [5.74, 6) is -2.04. The number of amides is 1. The lowest BCUT2D eigenvalue weighted by atomic mass is 9.90. The Balaban J connectivity index is 1.49. The van der Waals surface area contributed by atoms with Crippen LogP contribution in [0.15, 0.2) is 60.5 Å². The van der Waals surface area contributed by atoms with E-state index < -0.39 is 23.9 Å². The molecule has 8 nitrogen and oxygen atoms in total. The number of alkyl halides is 3. The van der Waals surface area contributed by atoms with Gasteiger partial charge in [-0.2, -0.15) is 18.3 Å². The van der Waals surface area contributed by atoms with Crippen LogP contribution < -0.4 is 10.1 Å². The van der Waals surface area contributed by atoms with Crippen molar-refractivity contribution in [3.05, 3.63) is 89.0 Å². The topological polar surface area (TPSA) is 81.5 Å². The number of carbonyl (C=O) groups is 1. The fourth-order valence-corrected chi connectivity index (χ4v) is 7.78. The maximum absolute atomic E-state index is 16.1. The first kappa shape index (κ1) is 33.8. The molecule has 0 fully saturated rings. The number of halogens is 5. The molecule has 2 aliphatic rings.